The van der Waals surface area contributed by atoms with E-state index >= 15 is 0 Å². The van der Waals surface area contributed by atoms with Gasteiger partial charge in [-0.2, -0.15) is 0 Å². The molecule has 1 aromatic carbocycles. The molecule has 0 aromatic heterocycles. The summed E-state index contributed by atoms with van der Waals surface area (Å²) in [4.78, 5) is -0.234. The minimum Gasteiger partial charge on any atom is -0.351 e. The van der Waals surface area contributed by atoms with Crippen molar-refractivity contribution in [2.24, 2.45) is 5.41 Å². The number of fused-ring (bicyclic) bond motifs is 5. The van der Waals surface area contributed by atoms with Crippen LogP contribution in [0.3, 0.4) is 0 Å². The summed E-state index contributed by atoms with van der Waals surface area (Å²) in [6, 6.07) is 8.70. The van der Waals surface area contributed by atoms with Crippen molar-refractivity contribution in [2.75, 3.05) is 0 Å². The smallest absolute Gasteiger partial charge is 0.144 e. The monoisotopic (exact) mass is 274 g/mol. The van der Waals surface area contributed by atoms with Gasteiger partial charge in [0.15, 0.2) is 0 Å². The molecule has 1 fully saturated rings. The van der Waals surface area contributed by atoms with E-state index in [0.29, 0.717) is 0 Å². The number of thioether (sulfide) groups is 1. The predicted molar refractivity (Wildman–Crippen MR) is 82.2 cm³/mol. The van der Waals surface area contributed by atoms with Gasteiger partial charge in [-0.3, -0.25) is 0 Å². The minimum atomic E-state index is -0.234. The summed E-state index contributed by atoms with van der Waals surface area (Å²) in [5, 5.41) is 0. The van der Waals surface area contributed by atoms with Crippen LogP contribution in [-0.4, -0.2) is 4.75 Å². The summed E-state index contributed by atoms with van der Waals surface area (Å²) >= 11 is 1.96. The maximum atomic E-state index is 6.54. The average molecular weight is 274 g/mol. The van der Waals surface area contributed by atoms with Crippen molar-refractivity contribution in [3.63, 3.8) is 0 Å². The summed E-state index contributed by atoms with van der Waals surface area (Å²) in [5.74, 6) is 0. The van der Waals surface area contributed by atoms with Crippen molar-refractivity contribution in [3.8, 4) is 0 Å². The average Bonchev–Trinajstić information content (AvgIpc) is 2.62. The molecule has 2 bridgehead atoms. The van der Waals surface area contributed by atoms with E-state index in [-0.39, 0.29) is 21.2 Å². The number of ether oxygens (including phenoxy) is 1. The highest BCUT2D eigenvalue weighted by atomic mass is 32.2. The molecule has 1 nitrogen and oxygen atoms in total. The van der Waals surface area contributed by atoms with Crippen LogP contribution in [0.1, 0.15) is 51.3 Å². The first-order chi connectivity index (χ1) is 8.84. The molecule has 2 heterocycles. The topological polar surface area (TPSA) is 9.23 Å². The molecule has 0 N–H and O–H groups in total. The van der Waals surface area contributed by atoms with Gasteiger partial charge in [0, 0.05) is 22.1 Å². The first kappa shape index (κ1) is 13.3. The maximum Gasteiger partial charge on any atom is 0.144 e. The van der Waals surface area contributed by atoms with Gasteiger partial charge < -0.3 is 4.74 Å². The Hall–Kier alpha value is -0.730. The predicted octanol–water partition coefficient (Wildman–Crippen LogP) is 5.04. The van der Waals surface area contributed by atoms with E-state index in [1.165, 1.54) is 11.1 Å². The fraction of sp³-hybridized carbons (Fsp3) is 0.529. The summed E-state index contributed by atoms with van der Waals surface area (Å²) in [5.41, 5.74) is 2.82. The molecule has 0 amide bonds. The Morgan fingerprint density at radius 1 is 1.26 bits per heavy atom. The normalized spacial score (nSPS) is 33.8. The SMILES string of the molecule is C=CC[C@@]12O[C@@H](c3ccccc31)C(C)(C)C(C)(C)S2. The van der Waals surface area contributed by atoms with Crippen molar-refractivity contribution in [1.29, 1.82) is 0 Å². The quantitative estimate of drug-likeness (QED) is 0.699. The van der Waals surface area contributed by atoms with E-state index in [1.807, 2.05) is 17.8 Å². The third-order valence-electron chi connectivity index (χ3n) is 5.00. The van der Waals surface area contributed by atoms with E-state index in [1.54, 1.807) is 0 Å². The molecule has 0 radical (unpaired) electrons. The van der Waals surface area contributed by atoms with Gasteiger partial charge in [0.05, 0.1) is 6.10 Å². The zero-order chi connectivity index (χ0) is 13.9. The van der Waals surface area contributed by atoms with Gasteiger partial charge in [0.1, 0.15) is 4.93 Å². The van der Waals surface area contributed by atoms with Crippen LogP contribution in [0.15, 0.2) is 36.9 Å². The minimum absolute atomic E-state index is 0.106. The van der Waals surface area contributed by atoms with Crippen molar-refractivity contribution in [3.05, 3.63) is 48.0 Å². The molecule has 2 heteroatoms. The van der Waals surface area contributed by atoms with E-state index in [9.17, 15) is 0 Å². The molecule has 1 saturated heterocycles. The molecule has 2 atom stereocenters. The Morgan fingerprint density at radius 2 is 1.95 bits per heavy atom. The van der Waals surface area contributed by atoms with Crippen LogP contribution in [0.25, 0.3) is 0 Å². The number of hydrogen-bond acceptors (Lipinski definition) is 2. The Kier molecular flexibility index (Phi) is 2.72. The van der Waals surface area contributed by atoms with Gasteiger partial charge in [0.25, 0.3) is 0 Å². The number of hydrogen-bond donors (Lipinski definition) is 0. The molecular formula is C17H22OS. The Morgan fingerprint density at radius 3 is 2.63 bits per heavy atom. The lowest BCUT2D eigenvalue weighted by Crippen LogP contribution is -2.48. The fourth-order valence-electron chi connectivity index (χ4n) is 3.25. The molecule has 0 aliphatic carbocycles. The van der Waals surface area contributed by atoms with Gasteiger partial charge in [0.2, 0.25) is 0 Å². The zero-order valence-corrected chi connectivity index (χ0v) is 13.0. The summed E-state index contributed by atoms with van der Waals surface area (Å²) in [7, 11) is 0. The Balaban J connectivity index is 2.22. The number of benzene rings is 1. The second-order valence-corrected chi connectivity index (χ2v) is 8.55. The van der Waals surface area contributed by atoms with Crippen molar-refractivity contribution >= 4 is 11.8 Å². The van der Waals surface area contributed by atoms with Gasteiger partial charge in [-0.15, -0.1) is 18.3 Å². The van der Waals surface area contributed by atoms with Gasteiger partial charge in [-0.05, 0) is 19.4 Å². The van der Waals surface area contributed by atoms with Crippen LogP contribution in [-0.2, 0) is 9.67 Å². The molecule has 2 aliphatic rings. The maximum absolute atomic E-state index is 6.54. The van der Waals surface area contributed by atoms with Crippen molar-refractivity contribution in [2.45, 2.75) is 49.9 Å². The van der Waals surface area contributed by atoms with E-state index in [0.717, 1.165) is 6.42 Å². The van der Waals surface area contributed by atoms with Crippen LogP contribution in [0.5, 0.6) is 0 Å². The van der Waals surface area contributed by atoms with Crippen molar-refractivity contribution in [1.82, 2.24) is 0 Å². The summed E-state index contributed by atoms with van der Waals surface area (Å²) < 4.78 is 6.70. The first-order valence-electron chi connectivity index (χ1n) is 6.92. The Bertz CT molecular complexity index is 532. The molecule has 2 aliphatic heterocycles. The highest BCUT2D eigenvalue weighted by Crippen LogP contribution is 2.69. The molecule has 1 aromatic rings. The van der Waals surface area contributed by atoms with Crippen LogP contribution >= 0.6 is 11.8 Å². The second-order valence-electron chi connectivity index (χ2n) is 6.66. The molecule has 0 unspecified atom stereocenters. The fourth-order valence-corrected chi connectivity index (χ4v) is 5.09. The zero-order valence-electron chi connectivity index (χ0n) is 12.2. The van der Waals surface area contributed by atoms with Crippen LogP contribution < -0.4 is 0 Å². The molecule has 102 valence electrons. The lowest BCUT2D eigenvalue weighted by Gasteiger charge is -2.53. The summed E-state index contributed by atoms with van der Waals surface area (Å²) in [6.45, 7) is 13.3. The molecule has 3 rings (SSSR count). The lowest BCUT2D eigenvalue weighted by molar-refractivity contribution is -0.0973. The third-order valence-corrected chi connectivity index (χ3v) is 6.85. The number of rotatable bonds is 2. The molecule has 0 spiro atoms. The first-order valence-corrected chi connectivity index (χ1v) is 7.74. The van der Waals surface area contributed by atoms with Crippen LogP contribution in [0.4, 0.5) is 0 Å². The lowest BCUT2D eigenvalue weighted by atomic mass is 9.73. The molecule has 0 saturated carbocycles. The summed E-state index contributed by atoms with van der Waals surface area (Å²) in [6.07, 6.45) is 3.03. The third kappa shape index (κ3) is 1.59. The Labute approximate surface area is 120 Å². The highest BCUT2D eigenvalue weighted by Gasteiger charge is 2.61. The van der Waals surface area contributed by atoms with Gasteiger partial charge >= 0.3 is 0 Å². The van der Waals surface area contributed by atoms with Gasteiger partial charge in [-0.25, -0.2) is 0 Å². The van der Waals surface area contributed by atoms with Crippen molar-refractivity contribution < 1.29 is 4.74 Å². The van der Waals surface area contributed by atoms with Gasteiger partial charge in [-0.1, -0.05) is 44.2 Å². The largest absolute Gasteiger partial charge is 0.351 e. The van der Waals surface area contributed by atoms with E-state index in [2.05, 4.69) is 58.5 Å². The van der Waals surface area contributed by atoms with Crippen LogP contribution in [0.2, 0.25) is 0 Å². The highest BCUT2D eigenvalue weighted by molar-refractivity contribution is 8.01. The standard InChI is InChI=1S/C17H22OS/c1-6-11-17-13-10-8-7-9-12(13)14(18-17)15(2,3)16(4,5)19-17/h6-10,14H,1,11H2,2-5H3/t14-,17-/m0/s1. The second kappa shape index (κ2) is 3.89. The molecular weight excluding hydrogens is 252 g/mol. The molecule has 19 heavy (non-hydrogen) atoms. The van der Waals surface area contributed by atoms with Crippen LogP contribution in [0, 0.1) is 5.41 Å². The van der Waals surface area contributed by atoms with E-state index < -0.39 is 0 Å². The van der Waals surface area contributed by atoms with E-state index in [4.69, 9.17) is 4.74 Å².